The smallest absolute Gasteiger partial charge is 0.361 e. The summed E-state index contributed by atoms with van der Waals surface area (Å²) in [5.41, 5.74) is 1.46. The van der Waals surface area contributed by atoms with Crippen LogP contribution in [-0.4, -0.2) is 15.2 Å². The van der Waals surface area contributed by atoms with Crippen molar-refractivity contribution >= 4 is 10.9 Å². The number of fused-ring (bicyclic) bond motifs is 1. The molecule has 0 fully saturated rings. The molecule has 18 heavy (non-hydrogen) atoms. The molecular formula is C12H8F3N3. The van der Waals surface area contributed by atoms with Crippen LogP contribution in [0.5, 0.6) is 0 Å². The maximum Gasteiger partial charge on any atom is 0.416 e. The maximum absolute atomic E-state index is 12.6. The molecular weight excluding hydrogens is 243 g/mol. The predicted molar refractivity (Wildman–Crippen MR) is 60.9 cm³/mol. The molecule has 0 spiro atoms. The van der Waals surface area contributed by atoms with Gasteiger partial charge in [-0.3, -0.25) is 5.10 Å². The highest BCUT2D eigenvalue weighted by Crippen LogP contribution is 2.34. The van der Waals surface area contributed by atoms with Gasteiger partial charge in [0.25, 0.3) is 0 Å². The van der Waals surface area contributed by atoms with Crippen LogP contribution in [0.2, 0.25) is 0 Å². The molecule has 2 aromatic heterocycles. The Morgan fingerprint density at radius 1 is 1.11 bits per heavy atom. The van der Waals surface area contributed by atoms with E-state index < -0.39 is 11.7 Å². The number of aromatic amines is 2. The maximum atomic E-state index is 12.6. The van der Waals surface area contributed by atoms with Gasteiger partial charge >= 0.3 is 6.18 Å². The molecule has 2 heterocycles. The summed E-state index contributed by atoms with van der Waals surface area (Å²) in [7, 11) is 0. The number of rotatable bonds is 1. The van der Waals surface area contributed by atoms with E-state index in [1.54, 1.807) is 18.6 Å². The SMILES string of the molecule is FC(F)(F)c1ccc2c(-c3cn[nH]c3)c[nH]c2c1. The first kappa shape index (κ1) is 10.9. The van der Waals surface area contributed by atoms with E-state index in [4.69, 9.17) is 0 Å². The van der Waals surface area contributed by atoms with E-state index in [2.05, 4.69) is 15.2 Å². The van der Waals surface area contributed by atoms with Crippen LogP contribution in [0.4, 0.5) is 13.2 Å². The number of H-pyrrole nitrogens is 2. The Kier molecular flexibility index (Phi) is 2.19. The molecule has 0 aliphatic carbocycles. The van der Waals surface area contributed by atoms with E-state index in [1.165, 1.54) is 6.07 Å². The van der Waals surface area contributed by atoms with E-state index >= 15 is 0 Å². The molecule has 2 N–H and O–H groups in total. The predicted octanol–water partition coefficient (Wildman–Crippen LogP) is 3.58. The van der Waals surface area contributed by atoms with E-state index in [1.807, 2.05) is 0 Å². The van der Waals surface area contributed by atoms with E-state index in [9.17, 15) is 13.2 Å². The molecule has 0 unspecified atom stereocenters. The van der Waals surface area contributed by atoms with Crippen molar-refractivity contribution in [2.75, 3.05) is 0 Å². The van der Waals surface area contributed by atoms with Gasteiger partial charge in [0, 0.05) is 34.4 Å². The molecule has 3 aromatic rings. The van der Waals surface area contributed by atoms with Crippen molar-refractivity contribution in [3.63, 3.8) is 0 Å². The Labute approximate surface area is 99.6 Å². The van der Waals surface area contributed by atoms with Crippen molar-refractivity contribution < 1.29 is 13.2 Å². The normalized spacial score (nSPS) is 12.2. The summed E-state index contributed by atoms with van der Waals surface area (Å²) in [4.78, 5) is 2.85. The number of benzene rings is 1. The van der Waals surface area contributed by atoms with E-state index in [0.29, 0.717) is 5.52 Å². The second-order valence-electron chi connectivity index (χ2n) is 3.95. The van der Waals surface area contributed by atoms with Crippen molar-refractivity contribution in [1.82, 2.24) is 15.2 Å². The molecule has 0 aliphatic rings. The van der Waals surface area contributed by atoms with Crippen molar-refractivity contribution in [2.45, 2.75) is 6.18 Å². The number of halogens is 3. The largest absolute Gasteiger partial charge is 0.416 e. The molecule has 0 atom stereocenters. The van der Waals surface area contributed by atoms with Crippen LogP contribution >= 0.6 is 0 Å². The molecule has 92 valence electrons. The second kappa shape index (κ2) is 3.63. The summed E-state index contributed by atoms with van der Waals surface area (Å²) in [6.07, 6.45) is 0.672. The number of alkyl halides is 3. The minimum Gasteiger partial charge on any atom is -0.361 e. The summed E-state index contributed by atoms with van der Waals surface area (Å²) in [6.45, 7) is 0. The minimum absolute atomic E-state index is 0.459. The molecule has 1 aromatic carbocycles. The zero-order valence-electron chi connectivity index (χ0n) is 9.05. The molecule has 0 radical (unpaired) electrons. The average molecular weight is 251 g/mol. The van der Waals surface area contributed by atoms with Gasteiger partial charge in [-0.25, -0.2) is 0 Å². The second-order valence-corrected chi connectivity index (χ2v) is 3.95. The highest BCUT2D eigenvalue weighted by molar-refractivity contribution is 5.95. The van der Waals surface area contributed by atoms with E-state index in [-0.39, 0.29) is 0 Å². The topological polar surface area (TPSA) is 44.5 Å². The van der Waals surface area contributed by atoms with Crippen molar-refractivity contribution in [1.29, 1.82) is 0 Å². The summed E-state index contributed by atoms with van der Waals surface area (Å²) in [6, 6.07) is 3.66. The van der Waals surface area contributed by atoms with Crippen LogP contribution in [0, 0.1) is 0 Å². The Balaban J connectivity index is 2.17. The first-order valence-corrected chi connectivity index (χ1v) is 5.23. The first-order chi connectivity index (χ1) is 8.55. The van der Waals surface area contributed by atoms with Gasteiger partial charge in [-0.05, 0) is 12.1 Å². The number of aromatic nitrogens is 3. The third-order valence-corrected chi connectivity index (χ3v) is 2.82. The van der Waals surface area contributed by atoms with Crippen LogP contribution < -0.4 is 0 Å². The van der Waals surface area contributed by atoms with Gasteiger partial charge in [-0.1, -0.05) is 6.07 Å². The lowest BCUT2D eigenvalue weighted by molar-refractivity contribution is -0.137. The summed E-state index contributed by atoms with van der Waals surface area (Å²) < 4.78 is 37.7. The van der Waals surface area contributed by atoms with Crippen LogP contribution in [0.25, 0.3) is 22.0 Å². The van der Waals surface area contributed by atoms with Gasteiger partial charge in [-0.15, -0.1) is 0 Å². The van der Waals surface area contributed by atoms with Gasteiger partial charge in [-0.2, -0.15) is 18.3 Å². The molecule has 0 amide bonds. The Bertz CT molecular complexity index is 680. The van der Waals surface area contributed by atoms with Gasteiger partial charge in [0.15, 0.2) is 0 Å². The molecule has 0 bridgehead atoms. The Hall–Kier alpha value is -2.24. The van der Waals surface area contributed by atoms with Crippen molar-refractivity contribution in [2.24, 2.45) is 0 Å². The molecule has 3 nitrogen and oxygen atoms in total. The van der Waals surface area contributed by atoms with Gasteiger partial charge in [0.05, 0.1) is 11.8 Å². The minimum atomic E-state index is -4.32. The van der Waals surface area contributed by atoms with Crippen molar-refractivity contribution in [3.8, 4) is 11.1 Å². The standard InChI is InChI=1S/C12H8F3N3/c13-12(14,15)8-1-2-9-10(6-16-11(9)3-8)7-4-17-18-5-7/h1-6,16H,(H,17,18). The fourth-order valence-corrected chi connectivity index (χ4v) is 1.94. The summed E-state index contributed by atoms with van der Waals surface area (Å²) >= 11 is 0. The Morgan fingerprint density at radius 2 is 1.94 bits per heavy atom. The zero-order chi connectivity index (χ0) is 12.8. The summed E-state index contributed by atoms with van der Waals surface area (Å²) in [5.74, 6) is 0. The van der Waals surface area contributed by atoms with Crippen LogP contribution in [-0.2, 0) is 6.18 Å². The zero-order valence-corrected chi connectivity index (χ0v) is 9.05. The number of hydrogen-bond acceptors (Lipinski definition) is 1. The monoisotopic (exact) mass is 251 g/mol. The van der Waals surface area contributed by atoms with E-state index in [0.717, 1.165) is 28.6 Å². The fourth-order valence-electron chi connectivity index (χ4n) is 1.94. The lowest BCUT2D eigenvalue weighted by Crippen LogP contribution is -2.04. The third kappa shape index (κ3) is 1.66. The average Bonchev–Trinajstić information content (AvgIpc) is 2.95. The third-order valence-electron chi connectivity index (χ3n) is 2.82. The molecule has 0 aliphatic heterocycles. The quantitative estimate of drug-likeness (QED) is 0.682. The number of nitrogens with zero attached hydrogens (tertiary/aromatic N) is 1. The molecule has 0 saturated carbocycles. The highest BCUT2D eigenvalue weighted by atomic mass is 19.4. The van der Waals surface area contributed by atoms with Gasteiger partial charge < -0.3 is 4.98 Å². The summed E-state index contributed by atoms with van der Waals surface area (Å²) in [5, 5.41) is 7.24. The molecule has 6 heteroatoms. The number of hydrogen-bond donors (Lipinski definition) is 2. The number of nitrogens with one attached hydrogen (secondary N) is 2. The fraction of sp³-hybridized carbons (Fsp3) is 0.0833. The highest BCUT2D eigenvalue weighted by Gasteiger charge is 2.30. The lowest BCUT2D eigenvalue weighted by Gasteiger charge is -2.06. The Morgan fingerprint density at radius 3 is 2.61 bits per heavy atom. The van der Waals surface area contributed by atoms with Crippen LogP contribution in [0.15, 0.2) is 36.8 Å². The molecule has 3 rings (SSSR count). The van der Waals surface area contributed by atoms with Crippen molar-refractivity contribution in [3.05, 3.63) is 42.4 Å². The molecule has 0 saturated heterocycles. The first-order valence-electron chi connectivity index (χ1n) is 5.23. The van der Waals surface area contributed by atoms with Gasteiger partial charge in [0.1, 0.15) is 0 Å². The van der Waals surface area contributed by atoms with Crippen LogP contribution in [0.3, 0.4) is 0 Å². The lowest BCUT2D eigenvalue weighted by atomic mass is 10.1. The van der Waals surface area contributed by atoms with Gasteiger partial charge in [0.2, 0.25) is 0 Å². The van der Waals surface area contributed by atoms with Crippen LogP contribution in [0.1, 0.15) is 5.56 Å².